The standard InChI is InChI=1S/C50H42N2/c1-33-44(39-18-12-17-38(29-39)35-15-8-5-9-16-35)31-48(37-23-21-36(22-24-37)34-13-6-4-7-14-34)52-49(33)43-27-28-51-32-45(43)40-25-26-42-41-19-10-11-20-46(41)50(2,3)47(42)30-40/h4-9,12-18,21-32H,10-11,19-20H2,1-3H3. The molecule has 2 aliphatic carbocycles. The Hall–Kier alpha value is -5.86. The maximum absolute atomic E-state index is 5.49. The molecule has 2 nitrogen and oxygen atoms in total. The molecule has 0 saturated heterocycles. The van der Waals surface area contributed by atoms with Crippen LogP contribution in [0.15, 0.2) is 157 Å². The van der Waals surface area contributed by atoms with Crippen molar-refractivity contribution >= 4 is 5.57 Å². The van der Waals surface area contributed by atoms with Gasteiger partial charge in [0.25, 0.3) is 0 Å². The minimum Gasteiger partial charge on any atom is -0.264 e. The molecule has 0 fully saturated rings. The Morgan fingerprint density at radius 1 is 0.500 bits per heavy atom. The summed E-state index contributed by atoms with van der Waals surface area (Å²) >= 11 is 0. The van der Waals surface area contributed by atoms with E-state index in [4.69, 9.17) is 4.98 Å². The molecule has 252 valence electrons. The molecule has 2 heterocycles. The van der Waals surface area contributed by atoms with Gasteiger partial charge in [0, 0.05) is 34.5 Å². The van der Waals surface area contributed by atoms with Crippen LogP contribution in [0.4, 0.5) is 0 Å². The van der Waals surface area contributed by atoms with Gasteiger partial charge in [0.05, 0.1) is 11.4 Å². The molecule has 0 N–H and O–H groups in total. The molecule has 2 heteroatoms. The summed E-state index contributed by atoms with van der Waals surface area (Å²) in [4.78, 5) is 10.2. The van der Waals surface area contributed by atoms with E-state index in [1.807, 2.05) is 12.4 Å². The molecule has 52 heavy (non-hydrogen) atoms. The molecule has 2 aliphatic rings. The maximum atomic E-state index is 5.49. The van der Waals surface area contributed by atoms with E-state index in [1.165, 1.54) is 75.8 Å². The van der Waals surface area contributed by atoms with Crippen LogP contribution in [-0.2, 0) is 5.41 Å². The highest BCUT2D eigenvalue weighted by molar-refractivity contribution is 5.90. The van der Waals surface area contributed by atoms with E-state index in [0.29, 0.717) is 0 Å². The Balaban J connectivity index is 1.20. The lowest BCUT2D eigenvalue weighted by atomic mass is 9.77. The van der Waals surface area contributed by atoms with Gasteiger partial charge in [-0.3, -0.25) is 4.98 Å². The number of rotatable bonds is 6. The van der Waals surface area contributed by atoms with Gasteiger partial charge in [-0.1, -0.05) is 135 Å². The zero-order valence-electron chi connectivity index (χ0n) is 30.2. The second kappa shape index (κ2) is 13.0. The topological polar surface area (TPSA) is 25.8 Å². The summed E-state index contributed by atoms with van der Waals surface area (Å²) in [5.74, 6) is 0. The van der Waals surface area contributed by atoms with Crippen molar-refractivity contribution in [2.24, 2.45) is 0 Å². The third-order valence-corrected chi connectivity index (χ3v) is 11.5. The quantitative estimate of drug-likeness (QED) is 0.176. The molecule has 0 spiro atoms. The first-order valence-electron chi connectivity index (χ1n) is 18.6. The number of pyridine rings is 2. The van der Waals surface area contributed by atoms with E-state index in [0.717, 1.165) is 33.6 Å². The molecule has 0 aliphatic heterocycles. The molecule has 0 saturated carbocycles. The lowest BCUT2D eigenvalue weighted by Gasteiger charge is -2.27. The molecular formula is C50H42N2. The summed E-state index contributed by atoms with van der Waals surface area (Å²) in [5.41, 5.74) is 20.9. The van der Waals surface area contributed by atoms with Crippen LogP contribution in [-0.4, -0.2) is 9.97 Å². The first-order valence-corrected chi connectivity index (χ1v) is 18.6. The number of hydrogen-bond acceptors (Lipinski definition) is 2. The Bertz CT molecular complexity index is 2470. The fourth-order valence-corrected chi connectivity index (χ4v) is 8.66. The number of benzene rings is 5. The average molecular weight is 671 g/mol. The molecule has 7 aromatic rings. The monoisotopic (exact) mass is 670 g/mol. The number of fused-ring (bicyclic) bond motifs is 2. The van der Waals surface area contributed by atoms with Gasteiger partial charge < -0.3 is 0 Å². The largest absolute Gasteiger partial charge is 0.264 e. The molecule has 0 bridgehead atoms. The van der Waals surface area contributed by atoms with Crippen molar-refractivity contribution in [1.29, 1.82) is 0 Å². The highest BCUT2D eigenvalue weighted by atomic mass is 14.7. The van der Waals surface area contributed by atoms with Gasteiger partial charge in [-0.05, 0) is 118 Å². The summed E-state index contributed by atoms with van der Waals surface area (Å²) in [6.07, 6.45) is 8.93. The third kappa shape index (κ3) is 5.60. The third-order valence-electron chi connectivity index (χ3n) is 11.5. The minimum absolute atomic E-state index is 0.0421. The normalized spacial score (nSPS) is 14.6. The summed E-state index contributed by atoms with van der Waals surface area (Å²) in [6.45, 7) is 7.06. The first kappa shape index (κ1) is 32.1. The fourth-order valence-electron chi connectivity index (χ4n) is 8.66. The van der Waals surface area contributed by atoms with E-state index in [-0.39, 0.29) is 5.41 Å². The van der Waals surface area contributed by atoms with Crippen LogP contribution in [0.2, 0.25) is 0 Å². The zero-order valence-corrected chi connectivity index (χ0v) is 30.2. The summed E-state index contributed by atoms with van der Waals surface area (Å²) < 4.78 is 0. The highest BCUT2D eigenvalue weighted by Crippen LogP contribution is 2.53. The van der Waals surface area contributed by atoms with Crippen LogP contribution in [0.1, 0.15) is 56.2 Å². The number of allylic oxidation sites excluding steroid dienone is 2. The van der Waals surface area contributed by atoms with E-state index in [9.17, 15) is 0 Å². The minimum atomic E-state index is 0.0421. The van der Waals surface area contributed by atoms with Crippen molar-refractivity contribution in [2.45, 2.75) is 51.9 Å². The average Bonchev–Trinajstić information content (AvgIpc) is 3.44. The second-order valence-corrected chi connectivity index (χ2v) is 14.9. The van der Waals surface area contributed by atoms with Crippen molar-refractivity contribution < 1.29 is 0 Å². The molecule has 0 amide bonds. The van der Waals surface area contributed by atoms with Gasteiger partial charge in [-0.15, -0.1) is 0 Å². The Labute approximate surface area is 307 Å². The van der Waals surface area contributed by atoms with Gasteiger partial charge in [-0.25, -0.2) is 4.98 Å². The number of aromatic nitrogens is 2. The van der Waals surface area contributed by atoms with Crippen molar-refractivity contribution in [3.05, 3.63) is 174 Å². The van der Waals surface area contributed by atoms with Gasteiger partial charge in [0.15, 0.2) is 0 Å². The van der Waals surface area contributed by atoms with E-state index in [2.05, 4.69) is 165 Å². The Morgan fingerprint density at radius 2 is 1.12 bits per heavy atom. The predicted octanol–water partition coefficient (Wildman–Crippen LogP) is 13.4. The molecule has 0 unspecified atom stereocenters. The molecular weight excluding hydrogens is 629 g/mol. The van der Waals surface area contributed by atoms with Crippen LogP contribution in [0, 0.1) is 6.92 Å². The van der Waals surface area contributed by atoms with Gasteiger partial charge >= 0.3 is 0 Å². The van der Waals surface area contributed by atoms with Gasteiger partial charge in [0.2, 0.25) is 0 Å². The van der Waals surface area contributed by atoms with Crippen LogP contribution >= 0.6 is 0 Å². The lowest BCUT2D eigenvalue weighted by Crippen LogP contribution is -2.18. The van der Waals surface area contributed by atoms with Crippen LogP contribution in [0.25, 0.3) is 72.6 Å². The molecule has 2 aromatic heterocycles. The Morgan fingerprint density at radius 3 is 1.88 bits per heavy atom. The smallest absolute Gasteiger partial charge is 0.0752 e. The zero-order chi connectivity index (χ0) is 35.2. The second-order valence-electron chi connectivity index (χ2n) is 14.9. The lowest BCUT2D eigenvalue weighted by molar-refractivity contribution is 0.574. The van der Waals surface area contributed by atoms with Crippen LogP contribution in [0.3, 0.4) is 0 Å². The van der Waals surface area contributed by atoms with Crippen molar-refractivity contribution in [2.75, 3.05) is 0 Å². The highest BCUT2D eigenvalue weighted by Gasteiger charge is 2.38. The van der Waals surface area contributed by atoms with Crippen molar-refractivity contribution in [3.63, 3.8) is 0 Å². The van der Waals surface area contributed by atoms with E-state index < -0.39 is 0 Å². The summed E-state index contributed by atoms with van der Waals surface area (Å²) in [6, 6.07) is 50.5. The molecule has 9 rings (SSSR count). The Kier molecular flexibility index (Phi) is 8.04. The van der Waals surface area contributed by atoms with Gasteiger partial charge in [0.1, 0.15) is 0 Å². The van der Waals surface area contributed by atoms with Gasteiger partial charge in [-0.2, -0.15) is 0 Å². The van der Waals surface area contributed by atoms with E-state index in [1.54, 1.807) is 11.1 Å². The SMILES string of the molecule is Cc1c(-c2cccc(-c3ccccc3)c2)cc(-c2ccc(-c3ccccc3)cc2)nc1-c1ccncc1-c1ccc2c(c1)C(C)(C)C1=C2CCCC1. The molecule has 0 atom stereocenters. The van der Waals surface area contributed by atoms with Crippen LogP contribution < -0.4 is 0 Å². The first-order chi connectivity index (χ1) is 25.5. The van der Waals surface area contributed by atoms with E-state index >= 15 is 0 Å². The molecule has 0 radical (unpaired) electrons. The number of hydrogen-bond donors (Lipinski definition) is 0. The summed E-state index contributed by atoms with van der Waals surface area (Å²) in [5, 5.41) is 0. The summed E-state index contributed by atoms with van der Waals surface area (Å²) in [7, 11) is 0. The maximum Gasteiger partial charge on any atom is 0.0752 e. The molecule has 5 aromatic carbocycles. The predicted molar refractivity (Wildman–Crippen MR) is 218 cm³/mol. The van der Waals surface area contributed by atoms with Crippen molar-refractivity contribution in [3.8, 4) is 67.0 Å². The fraction of sp³-hybridized carbons (Fsp3) is 0.160. The number of nitrogens with zero attached hydrogens (tertiary/aromatic N) is 2. The van der Waals surface area contributed by atoms with Crippen molar-refractivity contribution in [1.82, 2.24) is 9.97 Å². The van der Waals surface area contributed by atoms with Crippen LogP contribution in [0.5, 0.6) is 0 Å².